The lowest BCUT2D eigenvalue weighted by Gasteiger charge is -2.22. The Morgan fingerprint density at radius 1 is 0.974 bits per heavy atom. The average molecular weight is 533 g/mol. The van der Waals surface area contributed by atoms with Crippen LogP contribution in [0.5, 0.6) is 5.75 Å². The van der Waals surface area contributed by atoms with Crippen LogP contribution in [0.3, 0.4) is 0 Å². The molecule has 4 rings (SSSR count). The molecule has 0 atom stereocenters. The minimum atomic E-state index is -0.385. The topological polar surface area (TPSA) is 85.7 Å². The smallest absolute Gasteiger partial charge is 0.254 e. The van der Waals surface area contributed by atoms with Crippen molar-refractivity contribution >= 4 is 29.4 Å². The number of aromatic nitrogens is 2. The molecule has 0 saturated carbocycles. The van der Waals surface area contributed by atoms with Gasteiger partial charge in [-0.05, 0) is 55.5 Å². The summed E-state index contributed by atoms with van der Waals surface area (Å²) >= 11 is 6.06. The Morgan fingerprint density at radius 3 is 2.29 bits per heavy atom. The summed E-state index contributed by atoms with van der Waals surface area (Å²) < 4.78 is 12.2. The number of benzene rings is 3. The van der Waals surface area contributed by atoms with E-state index >= 15 is 0 Å². The first-order valence-electron chi connectivity index (χ1n) is 12.0. The molecule has 1 N–H and O–H groups in total. The highest BCUT2D eigenvalue weighted by molar-refractivity contribution is 6.30. The minimum absolute atomic E-state index is 0.165. The molecule has 0 saturated heterocycles. The van der Waals surface area contributed by atoms with Crippen molar-refractivity contribution in [2.45, 2.75) is 6.92 Å². The van der Waals surface area contributed by atoms with Crippen LogP contribution in [-0.4, -0.2) is 60.2 Å². The quantitative estimate of drug-likeness (QED) is 0.302. The molecule has 0 bridgehead atoms. The number of amides is 2. The molecular weight excluding hydrogens is 504 g/mol. The number of aryl methyl sites for hydroxylation is 1. The Balaban J connectivity index is 1.61. The molecule has 1 aromatic heterocycles. The third-order valence-electron chi connectivity index (χ3n) is 5.93. The van der Waals surface area contributed by atoms with Crippen LogP contribution in [0.25, 0.3) is 16.9 Å². The molecule has 4 aromatic rings. The van der Waals surface area contributed by atoms with Crippen LogP contribution in [0, 0.1) is 6.92 Å². The third kappa shape index (κ3) is 6.59. The van der Waals surface area contributed by atoms with E-state index in [4.69, 9.17) is 21.1 Å². The van der Waals surface area contributed by atoms with Crippen LogP contribution in [0.15, 0.2) is 79.0 Å². The maximum Gasteiger partial charge on any atom is 0.254 e. The Kier molecular flexibility index (Phi) is 8.78. The summed E-state index contributed by atoms with van der Waals surface area (Å²) in [5.74, 6) is 0.391. The van der Waals surface area contributed by atoms with E-state index in [0.29, 0.717) is 34.6 Å². The fourth-order valence-corrected chi connectivity index (χ4v) is 3.96. The van der Waals surface area contributed by atoms with Crippen molar-refractivity contribution < 1.29 is 19.1 Å². The summed E-state index contributed by atoms with van der Waals surface area (Å²) in [6.07, 6.45) is 1.83. The van der Waals surface area contributed by atoms with Crippen LogP contribution in [-0.2, 0) is 9.53 Å². The van der Waals surface area contributed by atoms with Gasteiger partial charge in [-0.1, -0.05) is 41.4 Å². The SMILES string of the molecule is COCCN(CC(=O)Nc1nc(-c2ccc(Cl)cc2)cn1-c1ccc(OC)cc1)C(=O)c1ccc(C)cc1. The van der Waals surface area contributed by atoms with Crippen molar-refractivity contribution in [3.8, 4) is 22.7 Å². The van der Waals surface area contributed by atoms with E-state index in [-0.39, 0.29) is 24.9 Å². The molecule has 2 amide bonds. The average Bonchev–Trinajstić information content (AvgIpc) is 3.35. The Labute approximate surface area is 226 Å². The molecule has 8 nitrogen and oxygen atoms in total. The predicted octanol–water partition coefficient (Wildman–Crippen LogP) is 5.24. The van der Waals surface area contributed by atoms with Gasteiger partial charge in [-0.3, -0.25) is 19.5 Å². The Bertz CT molecular complexity index is 1380. The molecule has 0 aliphatic carbocycles. The van der Waals surface area contributed by atoms with Gasteiger partial charge >= 0.3 is 0 Å². The maximum absolute atomic E-state index is 13.2. The highest BCUT2D eigenvalue weighted by atomic mass is 35.5. The van der Waals surface area contributed by atoms with Crippen molar-refractivity contribution in [1.29, 1.82) is 0 Å². The number of nitrogens with one attached hydrogen (secondary N) is 1. The summed E-state index contributed by atoms with van der Waals surface area (Å²) in [5.41, 5.74) is 3.82. The van der Waals surface area contributed by atoms with Gasteiger partial charge in [0.2, 0.25) is 11.9 Å². The van der Waals surface area contributed by atoms with E-state index in [1.807, 2.05) is 61.7 Å². The van der Waals surface area contributed by atoms with E-state index in [1.165, 1.54) is 4.90 Å². The van der Waals surface area contributed by atoms with Crippen LogP contribution in [0.4, 0.5) is 5.95 Å². The highest BCUT2D eigenvalue weighted by Gasteiger charge is 2.21. The standard InChI is InChI=1S/C29H29ClN4O4/c1-20-4-6-22(7-5-20)28(36)33(16-17-37-2)19-27(35)32-29-31-26(21-8-10-23(30)11-9-21)18-34(29)24-12-14-25(38-3)15-13-24/h4-15,18H,16-17,19H2,1-3H3,(H,31,32,35). The Hall–Kier alpha value is -4.14. The number of methoxy groups -OCH3 is 2. The molecule has 3 aromatic carbocycles. The van der Waals surface area contributed by atoms with Crippen LogP contribution < -0.4 is 10.1 Å². The van der Waals surface area contributed by atoms with Crippen molar-refractivity contribution in [2.24, 2.45) is 0 Å². The monoisotopic (exact) mass is 532 g/mol. The molecule has 1 heterocycles. The normalized spacial score (nSPS) is 10.7. The number of nitrogens with zero attached hydrogens (tertiary/aromatic N) is 3. The summed E-state index contributed by atoms with van der Waals surface area (Å²) in [6, 6.07) is 21.9. The number of hydrogen-bond acceptors (Lipinski definition) is 5. The fraction of sp³-hybridized carbons (Fsp3) is 0.207. The van der Waals surface area contributed by atoms with E-state index < -0.39 is 0 Å². The van der Waals surface area contributed by atoms with E-state index in [0.717, 1.165) is 16.8 Å². The van der Waals surface area contributed by atoms with Gasteiger partial charge in [-0.15, -0.1) is 0 Å². The first-order chi connectivity index (χ1) is 18.4. The molecule has 0 unspecified atom stereocenters. The van der Waals surface area contributed by atoms with E-state index in [2.05, 4.69) is 10.3 Å². The number of hydrogen-bond donors (Lipinski definition) is 1. The number of rotatable bonds is 10. The number of ether oxygens (including phenoxy) is 2. The second-order valence-electron chi connectivity index (χ2n) is 8.66. The summed E-state index contributed by atoms with van der Waals surface area (Å²) in [7, 11) is 3.16. The van der Waals surface area contributed by atoms with Gasteiger partial charge < -0.3 is 14.4 Å². The summed E-state index contributed by atoms with van der Waals surface area (Å²) in [5, 5.41) is 3.50. The molecule has 0 aliphatic heterocycles. The maximum atomic E-state index is 13.2. The lowest BCUT2D eigenvalue weighted by Crippen LogP contribution is -2.40. The number of imidazole rings is 1. The van der Waals surface area contributed by atoms with Crippen LogP contribution in [0.2, 0.25) is 5.02 Å². The van der Waals surface area contributed by atoms with E-state index in [9.17, 15) is 9.59 Å². The first kappa shape index (κ1) is 26.9. The Morgan fingerprint density at radius 2 is 1.66 bits per heavy atom. The van der Waals surface area contributed by atoms with Crippen LogP contribution >= 0.6 is 11.6 Å². The number of carbonyl (C=O) groups is 2. The van der Waals surface area contributed by atoms with Crippen molar-refractivity contribution in [3.05, 3.63) is 95.1 Å². The number of carbonyl (C=O) groups excluding carboxylic acids is 2. The van der Waals surface area contributed by atoms with Crippen LogP contribution in [0.1, 0.15) is 15.9 Å². The zero-order valence-electron chi connectivity index (χ0n) is 21.5. The predicted molar refractivity (Wildman–Crippen MR) is 148 cm³/mol. The highest BCUT2D eigenvalue weighted by Crippen LogP contribution is 2.26. The molecule has 196 valence electrons. The fourth-order valence-electron chi connectivity index (χ4n) is 3.84. The molecule has 38 heavy (non-hydrogen) atoms. The molecule has 0 fully saturated rings. The van der Waals surface area contributed by atoms with Gasteiger partial charge in [0.25, 0.3) is 5.91 Å². The van der Waals surface area contributed by atoms with E-state index in [1.54, 1.807) is 43.1 Å². The molecule has 0 aliphatic rings. The zero-order chi connectivity index (χ0) is 27.1. The molecule has 0 spiro atoms. The summed E-state index contributed by atoms with van der Waals surface area (Å²) in [6.45, 7) is 2.35. The van der Waals surface area contributed by atoms with Crippen molar-refractivity contribution in [3.63, 3.8) is 0 Å². The molecule has 9 heteroatoms. The largest absolute Gasteiger partial charge is 0.497 e. The molecule has 0 radical (unpaired) electrons. The first-order valence-corrected chi connectivity index (χ1v) is 12.4. The summed E-state index contributed by atoms with van der Waals surface area (Å²) in [4.78, 5) is 32.5. The van der Waals surface area contributed by atoms with Gasteiger partial charge in [-0.25, -0.2) is 4.98 Å². The van der Waals surface area contributed by atoms with Gasteiger partial charge in [0.15, 0.2) is 0 Å². The van der Waals surface area contributed by atoms with Crippen molar-refractivity contribution in [2.75, 3.05) is 39.2 Å². The minimum Gasteiger partial charge on any atom is -0.497 e. The number of halogens is 1. The lowest BCUT2D eigenvalue weighted by atomic mass is 10.1. The second-order valence-corrected chi connectivity index (χ2v) is 9.09. The van der Waals surface area contributed by atoms with Crippen molar-refractivity contribution in [1.82, 2.24) is 14.5 Å². The van der Waals surface area contributed by atoms with Gasteiger partial charge in [0, 0.05) is 41.7 Å². The zero-order valence-corrected chi connectivity index (χ0v) is 22.2. The lowest BCUT2D eigenvalue weighted by molar-refractivity contribution is -0.117. The second kappa shape index (κ2) is 12.4. The van der Waals surface area contributed by atoms with Gasteiger partial charge in [0.05, 0.1) is 19.4 Å². The van der Waals surface area contributed by atoms with Gasteiger partial charge in [-0.2, -0.15) is 0 Å². The number of anilines is 1. The third-order valence-corrected chi connectivity index (χ3v) is 6.19. The van der Waals surface area contributed by atoms with Gasteiger partial charge in [0.1, 0.15) is 12.3 Å². The molecular formula is C29H29ClN4O4.